The van der Waals surface area contributed by atoms with Gasteiger partial charge in [-0.1, -0.05) is 30.3 Å². The van der Waals surface area contributed by atoms with Crippen LogP contribution in [0.15, 0.2) is 54.6 Å². The van der Waals surface area contributed by atoms with Crippen LogP contribution < -0.4 is 10.6 Å². The lowest BCUT2D eigenvalue weighted by atomic mass is 10.0. The molecule has 1 aliphatic rings. The van der Waals surface area contributed by atoms with Gasteiger partial charge in [0.2, 0.25) is 11.8 Å². The summed E-state index contributed by atoms with van der Waals surface area (Å²) >= 11 is 0. The topological polar surface area (TPSA) is 73.9 Å². The van der Waals surface area contributed by atoms with Gasteiger partial charge in [-0.2, -0.15) is 0 Å². The zero-order valence-electron chi connectivity index (χ0n) is 18.3. The van der Waals surface area contributed by atoms with Gasteiger partial charge in [0.05, 0.1) is 19.8 Å². The maximum atomic E-state index is 13.1. The number of rotatable bonds is 9. The molecule has 2 aromatic carbocycles. The highest BCUT2D eigenvalue weighted by atomic mass is 16.5. The molecule has 0 spiro atoms. The van der Waals surface area contributed by atoms with E-state index in [1.807, 2.05) is 73.3 Å². The van der Waals surface area contributed by atoms with Crippen molar-refractivity contribution < 1.29 is 14.3 Å². The number of nitrogens with zero attached hydrogens (tertiary/aromatic N) is 2. The Morgan fingerprint density at radius 2 is 1.58 bits per heavy atom. The first-order valence-corrected chi connectivity index (χ1v) is 10.9. The Kier molecular flexibility index (Phi) is 8.44. The van der Waals surface area contributed by atoms with Crippen LogP contribution in [0.25, 0.3) is 0 Å². The van der Waals surface area contributed by atoms with Crippen molar-refractivity contribution in [2.75, 3.05) is 56.6 Å². The molecular weight excluding hydrogens is 392 g/mol. The molecule has 1 saturated heterocycles. The number of ether oxygens (including phenoxy) is 1. The molecule has 0 saturated carbocycles. The van der Waals surface area contributed by atoms with Crippen LogP contribution in [-0.2, 0) is 14.3 Å². The smallest absolute Gasteiger partial charge is 0.249 e. The van der Waals surface area contributed by atoms with Crippen LogP contribution in [0.3, 0.4) is 0 Å². The van der Waals surface area contributed by atoms with Crippen molar-refractivity contribution in [1.82, 2.24) is 9.80 Å². The van der Waals surface area contributed by atoms with Gasteiger partial charge in [0, 0.05) is 37.6 Å². The second-order valence-electron chi connectivity index (χ2n) is 7.51. The predicted octanol–water partition coefficient (Wildman–Crippen LogP) is 2.98. The fourth-order valence-electron chi connectivity index (χ4n) is 3.63. The summed E-state index contributed by atoms with van der Waals surface area (Å²) < 4.78 is 5.31. The molecule has 0 aliphatic carbocycles. The van der Waals surface area contributed by atoms with Gasteiger partial charge in [0.1, 0.15) is 6.04 Å². The third kappa shape index (κ3) is 6.54. The highest BCUT2D eigenvalue weighted by Crippen LogP contribution is 2.23. The molecule has 7 nitrogen and oxygen atoms in total. The van der Waals surface area contributed by atoms with Gasteiger partial charge < -0.3 is 20.3 Å². The minimum absolute atomic E-state index is 0.0403. The van der Waals surface area contributed by atoms with E-state index in [0.717, 1.165) is 30.0 Å². The Balaban J connectivity index is 1.65. The molecule has 1 aliphatic heterocycles. The minimum Gasteiger partial charge on any atom is -0.379 e. The SMILES string of the molecule is CCN(CC)C(=O)C(Nc1ccc(NC(=O)CN2CCOCC2)cc1)c1ccccc1. The van der Waals surface area contributed by atoms with Gasteiger partial charge >= 0.3 is 0 Å². The first-order valence-electron chi connectivity index (χ1n) is 10.9. The number of carbonyl (C=O) groups excluding carboxylic acids is 2. The molecule has 1 fully saturated rings. The number of anilines is 2. The van der Waals surface area contributed by atoms with Crippen molar-refractivity contribution in [2.24, 2.45) is 0 Å². The molecule has 3 rings (SSSR count). The van der Waals surface area contributed by atoms with Gasteiger partial charge in [-0.15, -0.1) is 0 Å². The standard InChI is InChI=1S/C24H32N4O3/c1-3-28(4-2)24(30)23(19-8-6-5-7-9-19)26-21-12-10-20(11-13-21)25-22(29)18-27-14-16-31-17-15-27/h5-13,23,26H,3-4,14-18H2,1-2H3,(H,25,29). The number of nitrogens with one attached hydrogen (secondary N) is 2. The molecular formula is C24H32N4O3. The number of amides is 2. The summed E-state index contributed by atoms with van der Waals surface area (Å²) in [6.07, 6.45) is 0. The van der Waals surface area contributed by atoms with Crippen LogP contribution in [0.1, 0.15) is 25.5 Å². The highest BCUT2D eigenvalue weighted by molar-refractivity contribution is 5.92. The summed E-state index contributed by atoms with van der Waals surface area (Å²) in [5, 5.41) is 6.30. The van der Waals surface area contributed by atoms with Crippen molar-refractivity contribution in [3.63, 3.8) is 0 Å². The van der Waals surface area contributed by atoms with Crippen LogP contribution in [-0.4, -0.2) is 67.6 Å². The number of hydrogen-bond acceptors (Lipinski definition) is 5. The number of hydrogen-bond donors (Lipinski definition) is 2. The van der Waals surface area contributed by atoms with Crippen LogP contribution >= 0.6 is 0 Å². The molecule has 1 unspecified atom stereocenters. The van der Waals surface area contributed by atoms with E-state index in [1.165, 1.54) is 0 Å². The fraction of sp³-hybridized carbons (Fsp3) is 0.417. The lowest BCUT2D eigenvalue weighted by Gasteiger charge is -2.27. The Bertz CT molecular complexity index is 832. The summed E-state index contributed by atoms with van der Waals surface area (Å²) in [5.41, 5.74) is 2.47. The Labute approximate surface area is 184 Å². The van der Waals surface area contributed by atoms with E-state index >= 15 is 0 Å². The van der Waals surface area contributed by atoms with Crippen molar-refractivity contribution in [3.05, 3.63) is 60.2 Å². The second kappa shape index (κ2) is 11.5. The highest BCUT2D eigenvalue weighted by Gasteiger charge is 2.24. The largest absolute Gasteiger partial charge is 0.379 e. The zero-order valence-corrected chi connectivity index (χ0v) is 18.3. The first kappa shape index (κ1) is 22.8. The molecule has 2 amide bonds. The molecule has 2 N–H and O–H groups in total. The third-order valence-corrected chi connectivity index (χ3v) is 5.41. The molecule has 7 heteroatoms. The van der Waals surface area contributed by atoms with Gasteiger partial charge in [-0.05, 0) is 43.7 Å². The number of carbonyl (C=O) groups is 2. The van der Waals surface area contributed by atoms with E-state index in [4.69, 9.17) is 4.74 Å². The van der Waals surface area contributed by atoms with Crippen molar-refractivity contribution in [3.8, 4) is 0 Å². The Morgan fingerprint density at radius 1 is 0.968 bits per heavy atom. The zero-order chi connectivity index (χ0) is 22.1. The van der Waals surface area contributed by atoms with Crippen molar-refractivity contribution in [1.29, 1.82) is 0 Å². The van der Waals surface area contributed by atoms with E-state index in [-0.39, 0.29) is 11.8 Å². The van der Waals surface area contributed by atoms with Gasteiger partial charge in [0.15, 0.2) is 0 Å². The van der Waals surface area contributed by atoms with Crippen LogP contribution in [0.4, 0.5) is 11.4 Å². The van der Waals surface area contributed by atoms with E-state index in [9.17, 15) is 9.59 Å². The van der Waals surface area contributed by atoms with Gasteiger partial charge in [0.25, 0.3) is 0 Å². The average Bonchev–Trinajstić information content (AvgIpc) is 2.80. The molecule has 1 atom stereocenters. The molecule has 0 aromatic heterocycles. The number of benzene rings is 2. The monoisotopic (exact) mass is 424 g/mol. The molecule has 0 radical (unpaired) electrons. The van der Waals surface area contributed by atoms with Crippen molar-refractivity contribution >= 4 is 23.2 Å². The molecule has 31 heavy (non-hydrogen) atoms. The van der Waals surface area contributed by atoms with Gasteiger partial charge in [-0.3, -0.25) is 14.5 Å². The molecule has 0 bridgehead atoms. The van der Waals surface area contributed by atoms with Crippen LogP contribution in [0.2, 0.25) is 0 Å². The number of likely N-dealkylation sites (N-methyl/N-ethyl adjacent to an activating group) is 1. The predicted molar refractivity (Wildman–Crippen MR) is 123 cm³/mol. The summed E-state index contributed by atoms with van der Waals surface area (Å²) in [4.78, 5) is 29.3. The second-order valence-corrected chi connectivity index (χ2v) is 7.51. The van der Waals surface area contributed by atoms with Crippen LogP contribution in [0, 0.1) is 0 Å². The van der Waals surface area contributed by atoms with E-state index < -0.39 is 6.04 Å². The Hall–Kier alpha value is -2.90. The molecule has 1 heterocycles. The minimum atomic E-state index is -0.470. The lowest BCUT2D eigenvalue weighted by Crippen LogP contribution is -2.41. The fourth-order valence-corrected chi connectivity index (χ4v) is 3.63. The van der Waals surface area contributed by atoms with E-state index in [1.54, 1.807) is 0 Å². The van der Waals surface area contributed by atoms with Gasteiger partial charge in [-0.25, -0.2) is 0 Å². The molecule has 2 aromatic rings. The average molecular weight is 425 g/mol. The first-order chi connectivity index (χ1) is 15.1. The maximum absolute atomic E-state index is 13.1. The quantitative estimate of drug-likeness (QED) is 0.647. The third-order valence-electron chi connectivity index (χ3n) is 5.41. The summed E-state index contributed by atoms with van der Waals surface area (Å²) in [6.45, 7) is 8.54. The normalized spacial score (nSPS) is 15.2. The maximum Gasteiger partial charge on any atom is 0.249 e. The van der Waals surface area contributed by atoms with Crippen molar-refractivity contribution in [2.45, 2.75) is 19.9 Å². The lowest BCUT2D eigenvalue weighted by molar-refractivity contribution is -0.131. The van der Waals surface area contributed by atoms with E-state index in [0.29, 0.717) is 32.8 Å². The van der Waals surface area contributed by atoms with E-state index in [2.05, 4.69) is 15.5 Å². The summed E-state index contributed by atoms with van der Waals surface area (Å²) in [7, 11) is 0. The number of morpholine rings is 1. The summed E-state index contributed by atoms with van der Waals surface area (Å²) in [5.74, 6) is 0.000530. The Morgan fingerprint density at radius 3 is 2.19 bits per heavy atom. The molecule has 166 valence electrons. The van der Waals surface area contributed by atoms with Crippen LogP contribution in [0.5, 0.6) is 0 Å². The summed E-state index contributed by atoms with van der Waals surface area (Å²) in [6, 6.07) is 16.7.